The van der Waals surface area contributed by atoms with Crippen molar-refractivity contribution in [3.05, 3.63) is 46.3 Å². The highest BCUT2D eigenvalue weighted by Crippen LogP contribution is 2.42. The van der Waals surface area contributed by atoms with Crippen LogP contribution in [0.5, 0.6) is 0 Å². The molecule has 3 aromatic heterocycles. The fraction of sp³-hybridized carbons (Fsp3) is 0.381. The third-order valence-electron chi connectivity index (χ3n) is 5.56. The van der Waals surface area contributed by atoms with Gasteiger partial charge in [0.1, 0.15) is 4.83 Å². The van der Waals surface area contributed by atoms with E-state index in [1.165, 1.54) is 16.0 Å². The van der Waals surface area contributed by atoms with Crippen molar-refractivity contribution in [2.75, 3.05) is 6.26 Å². The van der Waals surface area contributed by atoms with Crippen molar-refractivity contribution in [2.45, 2.75) is 55.0 Å². The first-order valence-corrected chi connectivity index (χ1v) is 12.7. The Bertz CT molecular complexity index is 1190. The van der Waals surface area contributed by atoms with Gasteiger partial charge in [-0.05, 0) is 30.7 Å². The molecule has 150 valence electrons. The van der Waals surface area contributed by atoms with Crippen LogP contribution in [0.2, 0.25) is 0 Å². The highest BCUT2D eigenvalue weighted by atomic mass is 32.2. The summed E-state index contributed by atoms with van der Waals surface area (Å²) in [5.74, 6) is 0.858. The van der Waals surface area contributed by atoms with Crippen LogP contribution in [-0.4, -0.2) is 31.4 Å². The standard InChI is InChI=1S/C21H22N4OS3/c1-4-21(2)10-14-15(11-26-21)29-18-16(14)17-23-24-20(25(17)19(22-18)27-3)28-12-13-8-6-5-7-9-13/h5-9H,4,10-12H2,1-3H3. The Balaban J connectivity index is 1.63. The van der Waals surface area contributed by atoms with E-state index >= 15 is 0 Å². The van der Waals surface area contributed by atoms with E-state index in [0.29, 0.717) is 6.61 Å². The van der Waals surface area contributed by atoms with Gasteiger partial charge >= 0.3 is 0 Å². The molecule has 0 saturated heterocycles. The topological polar surface area (TPSA) is 52.3 Å². The normalized spacial score (nSPS) is 19.1. The van der Waals surface area contributed by atoms with Crippen LogP contribution in [0.3, 0.4) is 0 Å². The Morgan fingerprint density at radius 3 is 2.79 bits per heavy atom. The van der Waals surface area contributed by atoms with Crippen molar-refractivity contribution in [2.24, 2.45) is 0 Å². The van der Waals surface area contributed by atoms with Crippen LogP contribution < -0.4 is 0 Å². The predicted molar refractivity (Wildman–Crippen MR) is 121 cm³/mol. The van der Waals surface area contributed by atoms with Gasteiger partial charge in [-0.1, -0.05) is 60.8 Å². The molecular weight excluding hydrogens is 420 g/mol. The van der Waals surface area contributed by atoms with E-state index in [1.54, 1.807) is 34.9 Å². The molecule has 29 heavy (non-hydrogen) atoms. The summed E-state index contributed by atoms with van der Waals surface area (Å²) in [6.45, 7) is 5.05. The molecule has 1 aromatic carbocycles. The first-order chi connectivity index (χ1) is 14.1. The summed E-state index contributed by atoms with van der Waals surface area (Å²) >= 11 is 5.08. The quantitative estimate of drug-likeness (QED) is 0.296. The van der Waals surface area contributed by atoms with Gasteiger partial charge in [-0.25, -0.2) is 9.38 Å². The monoisotopic (exact) mass is 442 g/mol. The Hall–Kier alpha value is -1.61. The zero-order chi connectivity index (χ0) is 20.0. The summed E-state index contributed by atoms with van der Waals surface area (Å²) in [4.78, 5) is 7.31. The second-order valence-corrected chi connectivity index (χ2v) is 10.3. The summed E-state index contributed by atoms with van der Waals surface area (Å²) in [6, 6.07) is 10.5. The summed E-state index contributed by atoms with van der Waals surface area (Å²) < 4.78 is 8.29. The van der Waals surface area contributed by atoms with Crippen LogP contribution >= 0.6 is 34.9 Å². The minimum Gasteiger partial charge on any atom is -0.369 e. The van der Waals surface area contributed by atoms with Gasteiger partial charge in [0.2, 0.25) is 0 Å². The molecule has 5 nitrogen and oxygen atoms in total. The first-order valence-electron chi connectivity index (χ1n) is 9.66. The van der Waals surface area contributed by atoms with Crippen molar-refractivity contribution in [3.63, 3.8) is 0 Å². The third kappa shape index (κ3) is 3.36. The van der Waals surface area contributed by atoms with Crippen molar-refractivity contribution in [1.29, 1.82) is 0 Å². The van der Waals surface area contributed by atoms with Crippen molar-refractivity contribution in [1.82, 2.24) is 19.6 Å². The van der Waals surface area contributed by atoms with Gasteiger partial charge in [-0.15, -0.1) is 21.5 Å². The molecule has 4 aromatic rings. The van der Waals surface area contributed by atoms with Gasteiger partial charge in [0.25, 0.3) is 0 Å². The fourth-order valence-electron chi connectivity index (χ4n) is 3.70. The highest BCUT2D eigenvalue weighted by Gasteiger charge is 2.33. The number of aromatic nitrogens is 4. The minimum atomic E-state index is -0.124. The van der Waals surface area contributed by atoms with E-state index in [-0.39, 0.29) is 5.60 Å². The Morgan fingerprint density at radius 2 is 2.03 bits per heavy atom. The van der Waals surface area contributed by atoms with Gasteiger partial charge < -0.3 is 4.74 Å². The molecule has 1 atom stereocenters. The molecule has 4 heterocycles. The lowest BCUT2D eigenvalue weighted by atomic mass is 9.90. The summed E-state index contributed by atoms with van der Waals surface area (Å²) in [6.07, 6.45) is 3.94. The van der Waals surface area contributed by atoms with Gasteiger partial charge in [0.15, 0.2) is 16.0 Å². The van der Waals surface area contributed by atoms with Crippen LogP contribution in [0.15, 0.2) is 40.6 Å². The van der Waals surface area contributed by atoms with Gasteiger partial charge in [0, 0.05) is 17.1 Å². The number of ether oxygens (including phenoxy) is 1. The number of benzene rings is 1. The predicted octanol–water partition coefficient (Wildman–Crippen LogP) is 5.59. The van der Waals surface area contributed by atoms with Crippen LogP contribution in [0.25, 0.3) is 15.9 Å². The molecule has 0 spiro atoms. The van der Waals surface area contributed by atoms with Gasteiger partial charge in [-0.3, -0.25) is 0 Å². The van der Waals surface area contributed by atoms with Crippen molar-refractivity contribution in [3.8, 4) is 0 Å². The average Bonchev–Trinajstić information content (AvgIpc) is 3.33. The second-order valence-electron chi connectivity index (χ2n) is 7.47. The number of nitrogens with zero attached hydrogens (tertiary/aromatic N) is 4. The van der Waals surface area contributed by atoms with Crippen LogP contribution in [0.4, 0.5) is 0 Å². The van der Waals surface area contributed by atoms with E-state index in [1.807, 2.05) is 6.07 Å². The fourth-order valence-corrected chi connectivity index (χ4v) is 6.34. The molecule has 8 heteroatoms. The number of fused-ring (bicyclic) bond motifs is 5. The van der Waals surface area contributed by atoms with Crippen LogP contribution in [0.1, 0.15) is 36.3 Å². The molecule has 1 aliphatic heterocycles. The molecule has 5 rings (SSSR count). The molecule has 0 fully saturated rings. The Morgan fingerprint density at radius 1 is 1.21 bits per heavy atom. The maximum Gasteiger partial charge on any atom is 0.198 e. The molecular formula is C21H22N4OS3. The van der Waals surface area contributed by atoms with E-state index in [0.717, 1.165) is 44.8 Å². The molecule has 0 radical (unpaired) electrons. The SMILES string of the molecule is CCC1(C)Cc2c(sc3nc(SC)n4c(SCc5ccccc5)nnc4c23)CO1. The summed E-state index contributed by atoms with van der Waals surface area (Å²) in [5.41, 5.74) is 3.42. The van der Waals surface area contributed by atoms with E-state index in [2.05, 4.69) is 59.0 Å². The lowest BCUT2D eigenvalue weighted by molar-refractivity contribution is -0.0542. The molecule has 0 aliphatic carbocycles. The number of rotatable bonds is 5. The Labute approximate surface area is 182 Å². The number of hydrogen-bond donors (Lipinski definition) is 0. The molecule has 1 unspecified atom stereocenters. The second kappa shape index (κ2) is 7.58. The average molecular weight is 443 g/mol. The van der Waals surface area contributed by atoms with Crippen molar-refractivity contribution < 1.29 is 4.74 Å². The van der Waals surface area contributed by atoms with E-state index in [9.17, 15) is 0 Å². The molecule has 0 saturated carbocycles. The van der Waals surface area contributed by atoms with Crippen LogP contribution in [-0.2, 0) is 23.5 Å². The molecule has 0 N–H and O–H groups in total. The third-order valence-corrected chi connectivity index (χ3v) is 8.30. The zero-order valence-corrected chi connectivity index (χ0v) is 19.1. The number of thiophene rings is 1. The van der Waals surface area contributed by atoms with Crippen molar-refractivity contribution >= 4 is 50.7 Å². The van der Waals surface area contributed by atoms with Crippen LogP contribution in [0, 0.1) is 0 Å². The van der Waals surface area contributed by atoms with Gasteiger partial charge in [0.05, 0.1) is 17.6 Å². The summed E-state index contributed by atoms with van der Waals surface area (Å²) in [7, 11) is 0. The zero-order valence-electron chi connectivity index (χ0n) is 16.6. The number of hydrogen-bond acceptors (Lipinski definition) is 7. The smallest absolute Gasteiger partial charge is 0.198 e. The molecule has 1 aliphatic rings. The van der Waals surface area contributed by atoms with E-state index in [4.69, 9.17) is 9.72 Å². The molecule has 0 amide bonds. The Kier molecular flexibility index (Phi) is 5.06. The lowest BCUT2D eigenvalue weighted by Crippen LogP contribution is -2.33. The maximum absolute atomic E-state index is 6.16. The van der Waals surface area contributed by atoms with Gasteiger partial charge in [-0.2, -0.15) is 0 Å². The highest BCUT2D eigenvalue weighted by molar-refractivity contribution is 7.99. The first kappa shape index (κ1) is 19.4. The van der Waals surface area contributed by atoms with E-state index < -0.39 is 0 Å². The largest absolute Gasteiger partial charge is 0.369 e. The minimum absolute atomic E-state index is 0.124. The molecule has 0 bridgehead atoms. The number of thioether (sulfide) groups is 2. The lowest BCUT2D eigenvalue weighted by Gasteiger charge is -2.32. The summed E-state index contributed by atoms with van der Waals surface area (Å²) in [5, 5.41) is 12.2. The maximum atomic E-state index is 6.16.